The van der Waals surface area contributed by atoms with Crippen LogP contribution >= 0.6 is 23.2 Å². The van der Waals surface area contributed by atoms with Gasteiger partial charge in [0.1, 0.15) is 6.61 Å². The molecule has 5 aliphatic carbocycles. The Morgan fingerprint density at radius 2 is 1.67 bits per heavy atom. The third kappa shape index (κ3) is 4.94. The maximum atomic E-state index is 14.7. The first-order chi connectivity index (χ1) is 21.4. The molecule has 6 rings (SSSR count). The smallest absolute Gasteiger partial charge is 0.311 e. The van der Waals surface area contributed by atoms with Crippen LogP contribution in [0.25, 0.3) is 0 Å². The van der Waals surface area contributed by atoms with Crippen LogP contribution in [0.1, 0.15) is 119 Å². The second-order valence-corrected chi connectivity index (χ2v) is 18.1. The van der Waals surface area contributed by atoms with Gasteiger partial charge in [0.25, 0.3) is 0 Å². The standard InChI is InChI=1S/C39H53Cl2NO4/c1-9-45-33(44)36(5)17-16-35(4)18-19-38(7)25(26(35)22-36)21-29(43)32-37(6)14-13-31(34(2,3)30(37)12-15-39(32,38)8)42-46-23-24-10-11-27(40)28(41)20-24/h10-11,20-21,26,30,32H,9,12-19,22-23H2,1-8H3/b42-31+/t26-,30-,32+,35+,36-,37-,38+,39+/m0/s1. The van der Waals surface area contributed by atoms with Gasteiger partial charge < -0.3 is 9.57 Å². The van der Waals surface area contributed by atoms with Crippen molar-refractivity contribution in [2.24, 2.45) is 55.4 Å². The van der Waals surface area contributed by atoms with E-state index >= 15 is 0 Å². The zero-order valence-electron chi connectivity index (χ0n) is 29.2. The molecule has 0 unspecified atom stereocenters. The maximum Gasteiger partial charge on any atom is 0.311 e. The van der Waals surface area contributed by atoms with E-state index in [0.717, 1.165) is 69.1 Å². The van der Waals surface area contributed by atoms with E-state index in [0.29, 0.717) is 35.0 Å². The molecule has 5 nitrogen and oxygen atoms in total. The SMILES string of the molecule is CCOC(=O)[C@@]1(C)CC[C@]2(C)CC[C@]3(C)C(=CC(=O)[C@@H]4[C@@]5(C)CC/C(=N\OCc6ccc(Cl)c(Cl)c6)C(C)(C)[C@@H]5CC[C@]43C)[C@@H]2C1. The highest BCUT2D eigenvalue weighted by atomic mass is 35.5. The van der Waals surface area contributed by atoms with Crippen LogP contribution in [0.5, 0.6) is 0 Å². The van der Waals surface area contributed by atoms with Crippen molar-refractivity contribution in [2.75, 3.05) is 6.61 Å². The van der Waals surface area contributed by atoms with Crippen LogP contribution in [0.3, 0.4) is 0 Å². The summed E-state index contributed by atoms with van der Waals surface area (Å²) in [7, 11) is 0. The van der Waals surface area contributed by atoms with Gasteiger partial charge in [-0.25, -0.2) is 0 Å². The monoisotopic (exact) mass is 669 g/mol. The van der Waals surface area contributed by atoms with E-state index in [4.69, 9.17) is 37.9 Å². The number of allylic oxidation sites excluding steroid dienone is 2. The quantitative estimate of drug-likeness (QED) is 0.231. The Labute approximate surface area is 286 Å². The van der Waals surface area contributed by atoms with Crippen molar-refractivity contribution in [3.05, 3.63) is 45.5 Å². The fourth-order valence-corrected chi connectivity index (χ4v) is 11.8. The Morgan fingerprint density at radius 1 is 0.957 bits per heavy atom. The molecular formula is C39H53Cl2NO4. The van der Waals surface area contributed by atoms with Crippen LogP contribution < -0.4 is 0 Å². The summed E-state index contributed by atoms with van der Waals surface area (Å²) in [5.74, 6) is 0.719. The van der Waals surface area contributed by atoms with Gasteiger partial charge in [0.05, 0.1) is 27.8 Å². The second-order valence-electron chi connectivity index (χ2n) is 17.3. The van der Waals surface area contributed by atoms with Gasteiger partial charge in [-0.1, -0.05) is 81.5 Å². The fourth-order valence-electron chi connectivity index (χ4n) is 11.5. The molecule has 0 N–H and O–H groups in total. The van der Waals surface area contributed by atoms with Gasteiger partial charge in [-0.15, -0.1) is 0 Å². The van der Waals surface area contributed by atoms with E-state index in [2.05, 4.69) is 54.5 Å². The number of rotatable bonds is 5. The first-order valence-electron chi connectivity index (χ1n) is 17.5. The number of carbonyl (C=O) groups excluding carboxylic acids is 2. The molecule has 7 heteroatoms. The number of carbonyl (C=O) groups is 2. The normalized spacial score (nSPS) is 42.2. The number of halogens is 2. The molecule has 1 aromatic rings. The van der Waals surface area contributed by atoms with Crippen molar-refractivity contribution >= 4 is 40.7 Å². The molecule has 1 aromatic carbocycles. The molecular weight excluding hydrogens is 617 g/mol. The number of nitrogens with zero attached hydrogens (tertiary/aromatic N) is 1. The summed E-state index contributed by atoms with van der Waals surface area (Å²) in [6.07, 6.45) is 10.8. The first-order valence-corrected chi connectivity index (χ1v) is 18.3. The average Bonchev–Trinajstić information content (AvgIpc) is 2.98. The number of oxime groups is 1. The minimum absolute atomic E-state index is 0.0464. The number of hydrogen-bond acceptors (Lipinski definition) is 5. The highest BCUT2D eigenvalue weighted by Crippen LogP contribution is 2.75. The third-order valence-electron chi connectivity index (χ3n) is 14.5. The van der Waals surface area contributed by atoms with E-state index in [-0.39, 0.29) is 44.9 Å². The Morgan fingerprint density at radius 3 is 2.37 bits per heavy atom. The predicted octanol–water partition coefficient (Wildman–Crippen LogP) is 10.4. The number of benzene rings is 1. The number of esters is 1. The molecule has 0 heterocycles. The number of hydrogen-bond donors (Lipinski definition) is 0. The molecule has 0 saturated heterocycles. The van der Waals surface area contributed by atoms with E-state index in [1.165, 1.54) is 5.57 Å². The van der Waals surface area contributed by atoms with Gasteiger partial charge in [0.2, 0.25) is 0 Å². The molecule has 5 aliphatic rings. The van der Waals surface area contributed by atoms with Gasteiger partial charge >= 0.3 is 5.97 Å². The highest BCUT2D eigenvalue weighted by molar-refractivity contribution is 6.42. The van der Waals surface area contributed by atoms with Gasteiger partial charge in [-0.3, -0.25) is 9.59 Å². The Balaban J connectivity index is 1.30. The van der Waals surface area contributed by atoms with Crippen LogP contribution in [-0.4, -0.2) is 24.1 Å². The van der Waals surface area contributed by atoms with Gasteiger partial charge in [-0.05, 0) is 129 Å². The van der Waals surface area contributed by atoms with Crippen LogP contribution in [-0.2, 0) is 25.8 Å². The molecule has 0 aromatic heterocycles. The van der Waals surface area contributed by atoms with Gasteiger partial charge in [0, 0.05) is 11.3 Å². The summed E-state index contributed by atoms with van der Waals surface area (Å²) in [6.45, 7) is 19.0. The van der Waals surface area contributed by atoms with Crippen LogP contribution in [0, 0.1) is 50.2 Å². The first kappa shape index (κ1) is 34.0. The second kappa shape index (κ2) is 11.4. The Bertz CT molecular complexity index is 1500. The number of fused-ring (bicyclic) bond motifs is 7. The van der Waals surface area contributed by atoms with Crippen molar-refractivity contribution in [3.63, 3.8) is 0 Å². The molecule has 46 heavy (non-hydrogen) atoms. The molecule has 0 bridgehead atoms. The summed E-state index contributed by atoms with van der Waals surface area (Å²) in [6, 6.07) is 5.52. The van der Waals surface area contributed by atoms with Crippen molar-refractivity contribution < 1.29 is 19.2 Å². The molecule has 4 fully saturated rings. The van der Waals surface area contributed by atoms with E-state index in [9.17, 15) is 9.59 Å². The summed E-state index contributed by atoms with van der Waals surface area (Å²) in [5, 5.41) is 5.76. The molecule has 0 spiro atoms. The number of ketones is 1. The van der Waals surface area contributed by atoms with Gasteiger partial charge in [0.15, 0.2) is 5.78 Å². The Hall–Kier alpha value is -1.85. The zero-order valence-corrected chi connectivity index (χ0v) is 30.7. The fraction of sp³-hybridized carbons (Fsp3) is 0.718. The maximum absolute atomic E-state index is 14.7. The topological polar surface area (TPSA) is 65.0 Å². The van der Waals surface area contributed by atoms with E-state index in [1.807, 2.05) is 19.1 Å². The summed E-state index contributed by atoms with van der Waals surface area (Å²) >= 11 is 12.3. The average molecular weight is 671 g/mol. The van der Waals surface area contributed by atoms with Crippen LogP contribution in [0.4, 0.5) is 0 Å². The lowest BCUT2D eigenvalue weighted by Gasteiger charge is -2.70. The molecule has 252 valence electrons. The van der Waals surface area contributed by atoms with Crippen molar-refractivity contribution in [3.8, 4) is 0 Å². The minimum Gasteiger partial charge on any atom is -0.466 e. The van der Waals surface area contributed by atoms with Crippen molar-refractivity contribution in [1.82, 2.24) is 0 Å². The molecule has 0 amide bonds. The lowest BCUT2D eigenvalue weighted by molar-refractivity contribution is -0.177. The lowest BCUT2D eigenvalue weighted by atomic mass is 9.33. The van der Waals surface area contributed by atoms with Gasteiger partial charge in [-0.2, -0.15) is 0 Å². The molecule has 0 radical (unpaired) electrons. The minimum atomic E-state index is -0.505. The van der Waals surface area contributed by atoms with E-state index < -0.39 is 5.41 Å². The van der Waals surface area contributed by atoms with Crippen LogP contribution in [0.2, 0.25) is 10.0 Å². The van der Waals surface area contributed by atoms with E-state index in [1.54, 1.807) is 6.07 Å². The predicted molar refractivity (Wildman–Crippen MR) is 185 cm³/mol. The lowest BCUT2D eigenvalue weighted by Crippen LogP contribution is -2.66. The molecule has 8 atom stereocenters. The summed E-state index contributed by atoms with van der Waals surface area (Å²) in [4.78, 5) is 33.8. The van der Waals surface area contributed by atoms with Crippen LogP contribution in [0.15, 0.2) is 35.0 Å². The summed E-state index contributed by atoms with van der Waals surface area (Å²) in [5.41, 5.74) is 2.37. The molecule has 0 aliphatic heterocycles. The van der Waals surface area contributed by atoms with Crippen molar-refractivity contribution in [1.29, 1.82) is 0 Å². The summed E-state index contributed by atoms with van der Waals surface area (Å²) < 4.78 is 5.59. The molecule has 4 saturated carbocycles. The Kier molecular flexibility index (Phi) is 8.40. The number of ether oxygens (including phenoxy) is 1. The zero-order chi connectivity index (χ0) is 33.5. The van der Waals surface area contributed by atoms with Crippen molar-refractivity contribution in [2.45, 2.75) is 120 Å². The largest absolute Gasteiger partial charge is 0.466 e. The third-order valence-corrected chi connectivity index (χ3v) is 15.3. The highest BCUT2D eigenvalue weighted by Gasteiger charge is 2.70.